The van der Waals surface area contributed by atoms with Crippen LogP contribution in [0.25, 0.3) is 11.3 Å². The lowest BCUT2D eigenvalue weighted by Gasteiger charge is -2.18. The molecule has 0 radical (unpaired) electrons. The molecule has 1 heterocycles. The quantitative estimate of drug-likeness (QED) is 0.900. The van der Waals surface area contributed by atoms with Gasteiger partial charge in [-0.15, -0.1) is 0 Å². The lowest BCUT2D eigenvalue weighted by Crippen LogP contribution is -2.16. The second kappa shape index (κ2) is 6.72. The number of aromatic nitrogens is 1. The summed E-state index contributed by atoms with van der Waals surface area (Å²) < 4.78 is 37.8. The number of benzene rings is 1. The predicted molar refractivity (Wildman–Crippen MR) is 76.8 cm³/mol. The van der Waals surface area contributed by atoms with E-state index in [1.807, 2.05) is 18.2 Å². The molecule has 1 unspecified atom stereocenters. The minimum Gasteiger partial charge on any atom is -0.330 e. The Labute approximate surface area is 121 Å². The molecule has 5 heteroatoms. The van der Waals surface area contributed by atoms with Crippen molar-refractivity contribution < 1.29 is 13.2 Å². The van der Waals surface area contributed by atoms with Gasteiger partial charge < -0.3 is 5.73 Å². The van der Waals surface area contributed by atoms with Crippen molar-refractivity contribution in [1.29, 1.82) is 0 Å². The van der Waals surface area contributed by atoms with Gasteiger partial charge in [-0.3, -0.25) is 4.98 Å². The van der Waals surface area contributed by atoms with E-state index in [0.29, 0.717) is 12.0 Å². The van der Waals surface area contributed by atoms with E-state index >= 15 is 0 Å². The summed E-state index contributed by atoms with van der Waals surface area (Å²) in [6.45, 7) is 0.239. The molecule has 2 N–H and O–H groups in total. The number of hydrogen-bond acceptors (Lipinski definition) is 2. The summed E-state index contributed by atoms with van der Waals surface area (Å²) >= 11 is 0. The van der Waals surface area contributed by atoms with Gasteiger partial charge >= 0.3 is 6.18 Å². The second-order valence-electron chi connectivity index (χ2n) is 4.93. The number of nitrogens with two attached hydrogens (primary N) is 1. The Hall–Kier alpha value is -1.88. The molecule has 0 saturated heterocycles. The number of pyridine rings is 1. The van der Waals surface area contributed by atoms with Gasteiger partial charge in [0.1, 0.15) is 0 Å². The van der Waals surface area contributed by atoms with Crippen LogP contribution in [0.5, 0.6) is 0 Å². The predicted octanol–water partition coefficient (Wildman–Crippen LogP) is 4.13. The maximum atomic E-state index is 12.6. The normalized spacial score (nSPS) is 13.1. The van der Waals surface area contributed by atoms with E-state index in [4.69, 9.17) is 5.73 Å². The van der Waals surface area contributed by atoms with Gasteiger partial charge in [-0.25, -0.2) is 0 Å². The first-order chi connectivity index (χ1) is 9.99. The highest BCUT2D eigenvalue weighted by Crippen LogP contribution is 2.33. The van der Waals surface area contributed by atoms with Gasteiger partial charge in [-0.1, -0.05) is 30.3 Å². The molecular weight excluding hydrogens is 277 g/mol. The molecule has 112 valence electrons. The molecule has 0 amide bonds. The molecule has 1 aromatic carbocycles. The topological polar surface area (TPSA) is 38.9 Å². The average molecular weight is 294 g/mol. The van der Waals surface area contributed by atoms with Gasteiger partial charge in [0.2, 0.25) is 0 Å². The molecule has 2 nitrogen and oxygen atoms in total. The SMILES string of the molecule is NCCC(CC(F)(F)F)c1ccc(-c2ccccn2)cc1. The van der Waals surface area contributed by atoms with Crippen LogP contribution in [0.1, 0.15) is 24.3 Å². The van der Waals surface area contributed by atoms with Crippen LogP contribution in [0.4, 0.5) is 13.2 Å². The highest BCUT2D eigenvalue weighted by molar-refractivity contribution is 5.59. The van der Waals surface area contributed by atoms with Gasteiger partial charge in [-0.2, -0.15) is 13.2 Å². The zero-order valence-corrected chi connectivity index (χ0v) is 11.5. The number of hydrogen-bond donors (Lipinski definition) is 1. The van der Waals surface area contributed by atoms with E-state index in [1.54, 1.807) is 30.5 Å². The molecule has 0 bridgehead atoms. The summed E-state index contributed by atoms with van der Waals surface area (Å²) in [7, 11) is 0. The molecule has 0 aliphatic heterocycles. The Bertz CT molecular complexity index is 550. The lowest BCUT2D eigenvalue weighted by molar-refractivity contribution is -0.139. The Morgan fingerprint density at radius 1 is 1.05 bits per heavy atom. The van der Waals surface area contributed by atoms with Crippen molar-refractivity contribution in [3.8, 4) is 11.3 Å². The fraction of sp³-hybridized carbons (Fsp3) is 0.312. The zero-order valence-electron chi connectivity index (χ0n) is 11.5. The van der Waals surface area contributed by atoms with Crippen LogP contribution in [0, 0.1) is 0 Å². The van der Waals surface area contributed by atoms with Crippen molar-refractivity contribution >= 4 is 0 Å². The summed E-state index contributed by atoms with van der Waals surface area (Å²) in [5.41, 5.74) is 7.78. The van der Waals surface area contributed by atoms with Crippen molar-refractivity contribution in [3.63, 3.8) is 0 Å². The van der Waals surface area contributed by atoms with E-state index in [-0.39, 0.29) is 6.54 Å². The van der Waals surface area contributed by atoms with Crippen LogP contribution in [0.3, 0.4) is 0 Å². The third-order valence-corrected chi connectivity index (χ3v) is 3.34. The van der Waals surface area contributed by atoms with Crippen molar-refractivity contribution in [3.05, 3.63) is 54.2 Å². The van der Waals surface area contributed by atoms with Crippen LogP contribution in [-0.4, -0.2) is 17.7 Å². The van der Waals surface area contributed by atoms with E-state index in [9.17, 15) is 13.2 Å². The maximum absolute atomic E-state index is 12.6. The van der Waals surface area contributed by atoms with Gasteiger partial charge in [-0.05, 0) is 36.6 Å². The Morgan fingerprint density at radius 3 is 2.29 bits per heavy atom. The molecular formula is C16H17F3N2. The van der Waals surface area contributed by atoms with Crippen molar-refractivity contribution in [2.75, 3.05) is 6.54 Å². The van der Waals surface area contributed by atoms with Crippen LogP contribution in [-0.2, 0) is 0 Å². The van der Waals surface area contributed by atoms with E-state index in [2.05, 4.69) is 4.98 Å². The molecule has 0 spiro atoms. The van der Waals surface area contributed by atoms with E-state index in [1.165, 1.54) is 0 Å². The average Bonchev–Trinajstić information content (AvgIpc) is 2.47. The summed E-state index contributed by atoms with van der Waals surface area (Å²) in [5.74, 6) is -0.590. The van der Waals surface area contributed by atoms with E-state index < -0.39 is 18.5 Å². The molecule has 2 aromatic rings. The Balaban J connectivity index is 2.19. The number of rotatable bonds is 5. The van der Waals surface area contributed by atoms with Gasteiger partial charge in [0, 0.05) is 11.8 Å². The summed E-state index contributed by atoms with van der Waals surface area (Å²) in [6, 6.07) is 12.6. The fourth-order valence-corrected chi connectivity index (χ4v) is 2.33. The molecule has 0 aliphatic carbocycles. The van der Waals surface area contributed by atoms with Crippen LogP contribution in [0.2, 0.25) is 0 Å². The van der Waals surface area contributed by atoms with Crippen molar-refractivity contribution in [2.24, 2.45) is 5.73 Å². The molecule has 21 heavy (non-hydrogen) atoms. The third-order valence-electron chi connectivity index (χ3n) is 3.34. The largest absolute Gasteiger partial charge is 0.389 e. The van der Waals surface area contributed by atoms with Gasteiger partial charge in [0.15, 0.2) is 0 Å². The zero-order chi connectivity index (χ0) is 15.3. The number of alkyl halides is 3. The summed E-state index contributed by atoms with van der Waals surface area (Å²) in [5, 5.41) is 0. The van der Waals surface area contributed by atoms with Crippen LogP contribution >= 0.6 is 0 Å². The monoisotopic (exact) mass is 294 g/mol. The number of nitrogens with zero attached hydrogens (tertiary/aromatic N) is 1. The number of halogens is 3. The van der Waals surface area contributed by atoms with Gasteiger partial charge in [0.05, 0.1) is 12.1 Å². The van der Waals surface area contributed by atoms with E-state index in [0.717, 1.165) is 11.3 Å². The lowest BCUT2D eigenvalue weighted by atomic mass is 9.91. The Morgan fingerprint density at radius 2 is 1.76 bits per heavy atom. The van der Waals surface area contributed by atoms with Crippen molar-refractivity contribution in [2.45, 2.75) is 24.9 Å². The smallest absolute Gasteiger partial charge is 0.330 e. The molecule has 2 rings (SSSR count). The first-order valence-corrected chi connectivity index (χ1v) is 6.78. The molecule has 1 aromatic heterocycles. The highest BCUT2D eigenvalue weighted by atomic mass is 19.4. The molecule has 0 aliphatic rings. The molecule has 0 saturated carbocycles. The summed E-state index contributed by atoms with van der Waals surface area (Å²) in [6.07, 6.45) is -3.01. The highest BCUT2D eigenvalue weighted by Gasteiger charge is 2.32. The van der Waals surface area contributed by atoms with Crippen LogP contribution in [0.15, 0.2) is 48.7 Å². The molecule has 0 fully saturated rings. The van der Waals surface area contributed by atoms with Crippen LogP contribution < -0.4 is 5.73 Å². The minimum atomic E-state index is -4.18. The Kier molecular flexibility index (Phi) is 4.96. The van der Waals surface area contributed by atoms with Crippen molar-refractivity contribution in [1.82, 2.24) is 4.98 Å². The fourth-order valence-electron chi connectivity index (χ4n) is 2.33. The van der Waals surface area contributed by atoms with Gasteiger partial charge in [0.25, 0.3) is 0 Å². The standard InChI is InChI=1S/C16H17F3N2/c17-16(18,19)11-14(8-9-20)12-4-6-13(7-5-12)15-3-1-2-10-21-15/h1-7,10,14H,8-9,11,20H2. The maximum Gasteiger partial charge on any atom is 0.389 e. The minimum absolute atomic E-state index is 0.239. The first-order valence-electron chi connectivity index (χ1n) is 6.78. The third kappa shape index (κ3) is 4.56. The first kappa shape index (κ1) is 15.5. The molecule has 1 atom stereocenters. The second-order valence-corrected chi connectivity index (χ2v) is 4.93. The summed E-state index contributed by atoms with van der Waals surface area (Å²) in [4.78, 5) is 4.22.